The van der Waals surface area contributed by atoms with Gasteiger partial charge in [0.15, 0.2) is 28.8 Å². The number of carboxylic acids is 1. The normalized spacial score (nSPS) is 37.8. The van der Waals surface area contributed by atoms with Gasteiger partial charge in [-0.25, -0.2) is 13.6 Å². The number of likely N-dealkylation sites (tertiary alicyclic amines) is 1. The molecule has 0 radical (unpaired) electrons. The van der Waals surface area contributed by atoms with Crippen LogP contribution in [-0.2, 0) is 9.59 Å². The quantitative estimate of drug-likeness (QED) is 0.290. The summed E-state index contributed by atoms with van der Waals surface area (Å²) in [6, 6.07) is -0.0537. The number of halogens is 2. The van der Waals surface area contributed by atoms with Gasteiger partial charge in [0, 0.05) is 66.1 Å². The third-order valence-corrected chi connectivity index (χ3v) is 16.8. The van der Waals surface area contributed by atoms with E-state index in [9.17, 15) is 34.5 Å². The van der Waals surface area contributed by atoms with Crippen molar-refractivity contribution < 1.29 is 43.2 Å². The number of aliphatic hydroxyl groups excluding tert-OH is 1. The zero-order valence-corrected chi connectivity index (χ0v) is 34.9. The molecule has 4 saturated carbocycles. The van der Waals surface area contributed by atoms with Crippen molar-refractivity contribution in [2.75, 3.05) is 38.2 Å². The Kier molecular flexibility index (Phi) is 9.28. The lowest BCUT2D eigenvalue weighted by Gasteiger charge is -2.62. The predicted molar refractivity (Wildman–Crippen MR) is 217 cm³/mol. The van der Waals surface area contributed by atoms with Crippen LogP contribution in [0.1, 0.15) is 106 Å². The van der Waals surface area contributed by atoms with Crippen molar-refractivity contribution in [2.24, 2.45) is 34.5 Å². The lowest BCUT2D eigenvalue weighted by Crippen LogP contribution is -2.69. The van der Waals surface area contributed by atoms with E-state index in [2.05, 4.69) is 4.90 Å². The van der Waals surface area contributed by atoms with E-state index in [0.717, 1.165) is 32.2 Å². The Morgan fingerprint density at radius 3 is 2.47 bits per heavy atom. The van der Waals surface area contributed by atoms with Crippen molar-refractivity contribution in [3.05, 3.63) is 56.7 Å². The molecule has 0 spiro atoms. The van der Waals surface area contributed by atoms with E-state index < -0.39 is 57.3 Å². The summed E-state index contributed by atoms with van der Waals surface area (Å²) < 4.78 is 42.3. The number of hydrogen-bond donors (Lipinski definition) is 3. The number of aryl methyl sites for hydroxylation is 1. The molecule has 9 rings (SSSR count). The molecule has 1 aromatic carbocycles. The number of carbonyl (C=O) groups is 3. The maximum Gasteiger partial charge on any atom is 0.341 e. The molecule has 2 aromatic rings. The van der Waals surface area contributed by atoms with E-state index in [4.69, 9.17) is 4.74 Å². The third kappa shape index (κ3) is 5.31. The fourth-order valence-electron chi connectivity index (χ4n) is 13.7. The molecule has 2 saturated heterocycles. The Hall–Kier alpha value is -3.94. The van der Waals surface area contributed by atoms with Gasteiger partial charge in [-0.05, 0) is 109 Å². The molecule has 13 heteroatoms. The van der Waals surface area contributed by atoms with Crippen LogP contribution in [0.5, 0.6) is 5.75 Å². The number of aromatic carboxylic acids is 1. The number of ether oxygens (including phenoxy) is 1. The number of aromatic nitrogens is 1. The summed E-state index contributed by atoms with van der Waals surface area (Å²) in [4.78, 5) is 57.1. The highest BCUT2D eigenvalue weighted by molar-refractivity contribution is 6.01. The minimum absolute atomic E-state index is 0.0223. The van der Waals surface area contributed by atoms with Crippen LogP contribution in [0, 0.1) is 54.2 Å². The number of nitrogens with zero attached hydrogens (tertiary/aromatic N) is 3. The highest BCUT2D eigenvalue weighted by Crippen LogP contribution is 2.71. The first-order valence-corrected chi connectivity index (χ1v) is 21.6. The number of allylic oxidation sites excluding steroid dienone is 4. The summed E-state index contributed by atoms with van der Waals surface area (Å²) in [5, 5.41) is 34.5. The van der Waals surface area contributed by atoms with Crippen molar-refractivity contribution in [1.82, 2.24) is 9.47 Å². The maximum absolute atomic E-state index is 17.7. The van der Waals surface area contributed by atoms with Gasteiger partial charge in [-0.3, -0.25) is 19.3 Å². The Balaban J connectivity index is 0.980. The Bertz CT molecular complexity index is 2320. The van der Waals surface area contributed by atoms with Gasteiger partial charge in [-0.2, -0.15) is 0 Å². The number of aliphatic hydroxyl groups is 2. The van der Waals surface area contributed by atoms with Crippen LogP contribution >= 0.6 is 0 Å². The van der Waals surface area contributed by atoms with Gasteiger partial charge in [-0.1, -0.05) is 25.5 Å². The molecular weight excluding hydrogens is 761 g/mol. The van der Waals surface area contributed by atoms with E-state index in [1.807, 2.05) is 23.3 Å². The number of carboxylic acid groups (broad SMARTS) is 1. The summed E-state index contributed by atoms with van der Waals surface area (Å²) in [6.07, 6.45) is 7.82. The van der Waals surface area contributed by atoms with E-state index >= 15 is 8.78 Å². The molecule has 2 aliphatic heterocycles. The molecule has 10 atom stereocenters. The number of fused-ring (bicyclic) bond motifs is 7. The van der Waals surface area contributed by atoms with Gasteiger partial charge in [-0.15, -0.1) is 0 Å². The van der Waals surface area contributed by atoms with Crippen molar-refractivity contribution in [3.8, 4) is 5.75 Å². The molecule has 1 aromatic heterocycles. The number of rotatable bonds is 8. The Labute approximate surface area is 343 Å². The van der Waals surface area contributed by atoms with Gasteiger partial charge < -0.3 is 29.5 Å². The number of benzene rings is 1. The van der Waals surface area contributed by atoms with Crippen LogP contribution < -0.4 is 15.1 Å². The summed E-state index contributed by atoms with van der Waals surface area (Å²) in [5.41, 5.74) is -5.36. The topological polar surface area (TPSA) is 150 Å². The van der Waals surface area contributed by atoms with Gasteiger partial charge >= 0.3 is 5.97 Å². The molecule has 2 unspecified atom stereocenters. The number of pyridine rings is 1. The molecule has 0 amide bonds. The highest BCUT2D eigenvalue weighted by Gasteiger charge is 2.75. The number of methoxy groups -OCH3 is 1. The smallest absolute Gasteiger partial charge is 0.341 e. The van der Waals surface area contributed by atoms with Crippen LogP contribution in [0.15, 0.2) is 28.6 Å². The molecule has 7 aliphatic rings. The molecular formula is C46H57F2N3O8. The number of carbonyl (C=O) groups excluding carboxylic acids is 2. The fraction of sp³-hybridized carbons (Fsp3) is 0.652. The first-order chi connectivity index (χ1) is 27.8. The van der Waals surface area contributed by atoms with Crippen LogP contribution in [-0.4, -0.2) is 99.0 Å². The summed E-state index contributed by atoms with van der Waals surface area (Å²) in [6.45, 7) is 10.7. The van der Waals surface area contributed by atoms with Gasteiger partial charge in [0.25, 0.3) is 0 Å². The molecule has 5 aliphatic carbocycles. The van der Waals surface area contributed by atoms with Gasteiger partial charge in [0.1, 0.15) is 16.9 Å². The number of hydrogen-bond acceptors (Lipinski definition) is 9. The average Bonchev–Trinajstić information content (AvgIpc) is 3.89. The van der Waals surface area contributed by atoms with Crippen LogP contribution in [0.4, 0.5) is 14.5 Å². The standard InChI is InChI=1S/C46H57F2N3O8/c1-23-18-31-30-12-9-27-19-29(52)13-15-43(27,4)45(30,48)34(54)20-44(31,5)46(23,58)33(53)14-17-49-16-7-8-26-21-50(22-32(26)49)39-37(47)24(2)35-38(41(39)59-6)51(28-10-11-28)25(3)36(40(35)55)42(56)57/h13,15,19,23,26,28,30-32,34,54,58H,7-12,14,16-18,20-22H2,1-6H3,(H,56,57)/t23-,26?,30+,31+,32?,34+,43+,44+,45+,46+/m1/s1. The maximum atomic E-state index is 17.7. The molecule has 3 N–H and O–H groups in total. The number of alkyl halides is 1. The van der Waals surface area contributed by atoms with E-state index in [1.54, 1.807) is 19.9 Å². The van der Waals surface area contributed by atoms with Crippen molar-refractivity contribution >= 4 is 34.1 Å². The SMILES string of the molecule is COc1c(N2CC3CCCN(CCC(=O)[C@@]4(O)[C@H](C)C[C@H]5[C@@H]6CCC7=CC(=O)C=C[C@]7(C)[C@@]6(F)[C@@H](O)C[C@@]54C)C3C2)c(F)c(C)c2c(=O)c(C(=O)O)c(C)n(C3CC3)c12. The van der Waals surface area contributed by atoms with Crippen molar-refractivity contribution in [3.63, 3.8) is 0 Å². The number of piperidine rings is 1. The van der Waals surface area contributed by atoms with Crippen LogP contribution in [0.2, 0.25) is 0 Å². The average molecular weight is 818 g/mol. The summed E-state index contributed by atoms with van der Waals surface area (Å²) in [7, 11) is 1.45. The monoisotopic (exact) mass is 817 g/mol. The predicted octanol–water partition coefficient (Wildman–Crippen LogP) is 6.01. The van der Waals surface area contributed by atoms with E-state index in [0.29, 0.717) is 55.7 Å². The van der Waals surface area contributed by atoms with Gasteiger partial charge in [0.2, 0.25) is 5.43 Å². The largest absolute Gasteiger partial charge is 0.492 e. The van der Waals surface area contributed by atoms with E-state index in [-0.39, 0.29) is 76.3 Å². The zero-order valence-electron chi connectivity index (χ0n) is 34.9. The lowest BCUT2D eigenvalue weighted by atomic mass is 9.44. The molecule has 11 nitrogen and oxygen atoms in total. The second kappa shape index (κ2) is 13.5. The van der Waals surface area contributed by atoms with Crippen LogP contribution in [0.3, 0.4) is 0 Å². The highest BCUT2D eigenvalue weighted by atomic mass is 19.1. The third-order valence-electron chi connectivity index (χ3n) is 16.8. The summed E-state index contributed by atoms with van der Waals surface area (Å²) >= 11 is 0. The molecule has 6 fully saturated rings. The molecule has 59 heavy (non-hydrogen) atoms. The number of anilines is 1. The van der Waals surface area contributed by atoms with Crippen molar-refractivity contribution in [2.45, 2.75) is 122 Å². The number of Topliss-reactive ketones (excluding diaryl/α,β-unsaturated/α-hetero) is 1. The fourth-order valence-corrected chi connectivity index (χ4v) is 13.7. The minimum atomic E-state index is -2.05. The Morgan fingerprint density at radius 2 is 1.80 bits per heavy atom. The molecule has 3 heterocycles. The minimum Gasteiger partial charge on any atom is -0.492 e. The first-order valence-electron chi connectivity index (χ1n) is 21.6. The van der Waals surface area contributed by atoms with Gasteiger partial charge in [0.05, 0.1) is 24.1 Å². The molecule has 0 bridgehead atoms. The second-order valence-electron chi connectivity index (χ2n) is 19.5. The Morgan fingerprint density at radius 1 is 1.07 bits per heavy atom. The first kappa shape index (κ1) is 40.5. The number of ketones is 2. The molecule has 318 valence electrons. The second-order valence-corrected chi connectivity index (χ2v) is 19.5. The zero-order chi connectivity index (χ0) is 42.3. The van der Waals surface area contributed by atoms with Crippen molar-refractivity contribution in [1.29, 1.82) is 0 Å². The van der Waals surface area contributed by atoms with E-state index in [1.165, 1.54) is 26.2 Å². The summed E-state index contributed by atoms with van der Waals surface area (Å²) in [5.74, 6) is -3.50. The van der Waals surface area contributed by atoms with Crippen LogP contribution in [0.25, 0.3) is 10.9 Å². The lowest BCUT2D eigenvalue weighted by molar-refractivity contribution is -0.219.